The van der Waals surface area contributed by atoms with E-state index in [1.807, 2.05) is 24.3 Å². The maximum Gasteiger partial charge on any atom is 0.404 e. The zero-order valence-corrected chi connectivity index (χ0v) is 14.1. The fourth-order valence-corrected chi connectivity index (χ4v) is 2.64. The Bertz CT molecular complexity index is 497. The van der Waals surface area contributed by atoms with E-state index in [2.05, 4.69) is 24.5 Å². The first-order valence-electron chi connectivity index (χ1n) is 8.43. The van der Waals surface area contributed by atoms with Crippen LogP contribution in [0.2, 0.25) is 0 Å². The van der Waals surface area contributed by atoms with Crippen molar-refractivity contribution in [1.29, 1.82) is 0 Å². The Morgan fingerprint density at radius 1 is 1.17 bits per heavy atom. The molecule has 0 saturated carbocycles. The summed E-state index contributed by atoms with van der Waals surface area (Å²) in [4.78, 5) is 22.8. The Hall–Kier alpha value is -2.04. The van der Waals surface area contributed by atoms with Crippen LogP contribution in [-0.2, 0) is 11.2 Å². The molecule has 1 rings (SSSR count). The average molecular weight is 320 g/mol. The van der Waals surface area contributed by atoms with Gasteiger partial charge >= 0.3 is 6.09 Å². The number of amides is 2. The molecular formula is C18H28N2O3. The average Bonchev–Trinajstić information content (AvgIpc) is 2.51. The molecule has 0 unspecified atom stereocenters. The number of carbonyl (C=O) groups excluding carboxylic acids is 1. The number of rotatable bonds is 10. The molecule has 0 radical (unpaired) electrons. The predicted molar refractivity (Wildman–Crippen MR) is 92.7 cm³/mol. The van der Waals surface area contributed by atoms with Gasteiger partial charge in [0, 0.05) is 18.2 Å². The number of carboxylic acid groups (broad SMARTS) is 1. The van der Waals surface area contributed by atoms with Gasteiger partial charge in [-0.15, -0.1) is 0 Å². The van der Waals surface area contributed by atoms with Crippen LogP contribution in [0.1, 0.15) is 51.5 Å². The van der Waals surface area contributed by atoms with Crippen LogP contribution >= 0.6 is 0 Å². The number of carbonyl (C=O) groups is 2. The van der Waals surface area contributed by atoms with E-state index in [1.54, 1.807) is 0 Å². The monoisotopic (exact) mass is 320 g/mol. The zero-order valence-electron chi connectivity index (χ0n) is 14.1. The number of hydrogen-bond acceptors (Lipinski definition) is 2. The summed E-state index contributed by atoms with van der Waals surface area (Å²) in [6.07, 6.45) is 4.36. The van der Waals surface area contributed by atoms with Gasteiger partial charge < -0.3 is 15.7 Å². The Kier molecular flexibility index (Phi) is 8.80. The minimum Gasteiger partial charge on any atom is -0.465 e. The van der Waals surface area contributed by atoms with Gasteiger partial charge in [-0.1, -0.05) is 38.8 Å². The quantitative estimate of drug-likeness (QED) is 0.569. The maximum atomic E-state index is 12.4. The first kappa shape index (κ1) is 19.0. The summed E-state index contributed by atoms with van der Waals surface area (Å²) in [5, 5.41) is 13.9. The van der Waals surface area contributed by atoms with Crippen LogP contribution in [0.15, 0.2) is 24.3 Å². The topological polar surface area (TPSA) is 78.4 Å². The van der Waals surface area contributed by atoms with Crippen LogP contribution in [0.25, 0.3) is 0 Å². The molecule has 0 bridgehead atoms. The molecule has 5 heteroatoms. The molecule has 23 heavy (non-hydrogen) atoms. The largest absolute Gasteiger partial charge is 0.465 e. The lowest BCUT2D eigenvalue weighted by Gasteiger charge is -2.15. The number of aryl methyl sites for hydroxylation is 1. The third-order valence-corrected chi connectivity index (χ3v) is 3.76. The maximum absolute atomic E-state index is 12.4. The smallest absolute Gasteiger partial charge is 0.404 e. The minimum atomic E-state index is -0.996. The van der Waals surface area contributed by atoms with E-state index in [0.29, 0.717) is 6.54 Å². The Morgan fingerprint density at radius 2 is 1.87 bits per heavy atom. The van der Waals surface area contributed by atoms with Gasteiger partial charge in [0.25, 0.3) is 0 Å². The Morgan fingerprint density at radius 3 is 2.48 bits per heavy atom. The van der Waals surface area contributed by atoms with Gasteiger partial charge in [0.2, 0.25) is 5.91 Å². The van der Waals surface area contributed by atoms with Crippen molar-refractivity contribution in [1.82, 2.24) is 5.32 Å². The Balaban J connectivity index is 2.54. The molecule has 3 N–H and O–H groups in total. The fourth-order valence-electron chi connectivity index (χ4n) is 2.64. The van der Waals surface area contributed by atoms with E-state index in [4.69, 9.17) is 5.11 Å². The van der Waals surface area contributed by atoms with Gasteiger partial charge in [-0.3, -0.25) is 4.79 Å². The lowest BCUT2D eigenvalue weighted by molar-refractivity contribution is -0.120. The highest BCUT2D eigenvalue weighted by Crippen LogP contribution is 2.18. The molecule has 0 fully saturated rings. The second-order valence-electron chi connectivity index (χ2n) is 5.80. The van der Waals surface area contributed by atoms with E-state index in [1.165, 1.54) is 0 Å². The van der Waals surface area contributed by atoms with Crippen LogP contribution in [-0.4, -0.2) is 23.7 Å². The summed E-state index contributed by atoms with van der Waals surface area (Å²) in [6, 6.07) is 7.77. The normalized spacial score (nSPS) is 10.6. The lowest BCUT2D eigenvalue weighted by Crippen LogP contribution is -2.23. The number of hydrogen-bond donors (Lipinski definition) is 3. The van der Waals surface area contributed by atoms with E-state index in [9.17, 15) is 9.59 Å². The SMILES string of the molecule is CCCC(CCC)C(=O)Nc1cccc(CCCNC(=O)O)c1. The van der Waals surface area contributed by atoms with Gasteiger partial charge in [0.15, 0.2) is 0 Å². The zero-order chi connectivity index (χ0) is 17.1. The van der Waals surface area contributed by atoms with Crippen molar-refractivity contribution in [2.45, 2.75) is 52.4 Å². The standard InChI is InChI=1S/C18H28N2O3/c1-3-7-15(8-4-2)17(21)20-16-11-5-9-14(13-16)10-6-12-19-18(22)23/h5,9,11,13,15,19H,3-4,6-8,10,12H2,1-2H3,(H,20,21)(H,22,23). The summed E-state index contributed by atoms with van der Waals surface area (Å²) < 4.78 is 0. The lowest BCUT2D eigenvalue weighted by atomic mass is 9.97. The summed E-state index contributed by atoms with van der Waals surface area (Å²) in [5.74, 6) is 0.173. The molecule has 0 aliphatic rings. The van der Waals surface area contributed by atoms with Crippen molar-refractivity contribution in [3.8, 4) is 0 Å². The molecule has 0 atom stereocenters. The van der Waals surface area contributed by atoms with Crippen LogP contribution in [0.3, 0.4) is 0 Å². The highest BCUT2D eigenvalue weighted by Gasteiger charge is 2.16. The van der Waals surface area contributed by atoms with Crippen LogP contribution in [0.5, 0.6) is 0 Å². The number of nitrogens with one attached hydrogen (secondary N) is 2. The number of anilines is 1. The molecule has 5 nitrogen and oxygen atoms in total. The van der Waals surface area contributed by atoms with Crippen LogP contribution in [0.4, 0.5) is 10.5 Å². The van der Waals surface area contributed by atoms with E-state index in [-0.39, 0.29) is 11.8 Å². The molecule has 0 aliphatic heterocycles. The van der Waals surface area contributed by atoms with Gasteiger partial charge in [-0.2, -0.15) is 0 Å². The molecule has 0 saturated heterocycles. The summed E-state index contributed by atoms with van der Waals surface area (Å²) in [5.41, 5.74) is 1.91. The predicted octanol–water partition coefficient (Wildman–Crippen LogP) is 4.04. The van der Waals surface area contributed by atoms with Crippen LogP contribution < -0.4 is 10.6 Å². The Labute approximate surface area is 138 Å². The second-order valence-corrected chi connectivity index (χ2v) is 5.80. The van der Waals surface area contributed by atoms with Gasteiger partial charge in [-0.05, 0) is 43.4 Å². The number of benzene rings is 1. The first-order chi connectivity index (χ1) is 11.1. The third kappa shape index (κ3) is 7.68. The van der Waals surface area contributed by atoms with Crippen LogP contribution in [0, 0.1) is 5.92 Å². The summed E-state index contributed by atoms with van der Waals surface area (Å²) >= 11 is 0. The van der Waals surface area contributed by atoms with E-state index in [0.717, 1.165) is 49.8 Å². The van der Waals surface area contributed by atoms with Crippen molar-refractivity contribution in [2.75, 3.05) is 11.9 Å². The van der Waals surface area contributed by atoms with Crippen molar-refractivity contribution in [3.63, 3.8) is 0 Å². The van der Waals surface area contributed by atoms with Gasteiger partial charge in [0.1, 0.15) is 0 Å². The highest BCUT2D eigenvalue weighted by atomic mass is 16.4. The highest BCUT2D eigenvalue weighted by molar-refractivity contribution is 5.92. The van der Waals surface area contributed by atoms with Gasteiger partial charge in [-0.25, -0.2) is 4.79 Å². The first-order valence-corrected chi connectivity index (χ1v) is 8.43. The molecule has 128 valence electrons. The molecule has 1 aromatic rings. The molecule has 2 amide bonds. The van der Waals surface area contributed by atoms with E-state index >= 15 is 0 Å². The van der Waals surface area contributed by atoms with E-state index < -0.39 is 6.09 Å². The second kappa shape index (κ2) is 10.6. The fraction of sp³-hybridized carbons (Fsp3) is 0.556. The molecule has 0 aromatic heterocycles. The van der Waals surface area contributed by atoms with Crippen molar-refractivity contribution < 1.29 is 14.7 Å². The summed E-state index contributed by atoms with van der Waals surface area (Å²) in [6.45, 7) is 4.63. The van der Waals surface area contributed by atoms with Crippen molar-refractivity contribution in [3.05, 3.63) is 29.8 Å². The molecule has 0 aliphatic carbocycles. The molecule has 0 spiro atoms. The van der Waals surface area contributed by atoms with Crippen molar-refractivity contribution in [2.24, 2.45) is 5.92 Å². The molecule has 0 heterocycles. The van der Waals surface area contributed by atoms with Gasteiger partial charge in [0.05, 0.1) is 0 Å². The molecular weight excluding hydrogens is 292 g/mol. The third-order valence-electron chi connectivity index (χ3n) is 3.76. The molecule has 1 aromatic carbocycles. The minimum absolute atomic E-state index is 0.0772. The van der Waals surface area contributed by atoms with Crippen molar-refractivity contribution >= 4 is 17.7 Å². The summed E-state index contributed by atoms with van der Waals surface area (Å²) in [7, 11) is 0.